The van der Waals surface area contributed by atoms with E-state index in [-0.39, 0.29) is 36.5 Å². The van der Waals surface area contributed by atoms with Gasteiger partial charge in [-0.05, 0) is 36.8 Å². The Kier molecular flexibility index (Phi) is 6.83. The van der Waals surface area contributed by atoms with Gasteiger partial charge in [-0.3, -0.25) is 14.6 Å². The number of carbonyl (C=O) groups excluding carboxylic acids is 2. The van der Waals surface area contributed by atoms with Gasteiger partial charge in [0.2, 0.25) is 11.9 Å². The summed E-state index contributed by atoms with van der Waals surface area (Å²) in [5.41, 5.74) is 2.46. The smallest absolute Gasteiger partial charge is 0.330 e. The number of rotatable bonds is 7. The number of benzene rings is 2. The molecule has 0 bridgehead atoms. The fraction of sp³-hybridized carbons (Fsp3) is 0.167. The molecule has 11 heteroatoms. The number of phenolic OH excluding ortho intramolecular Hbond substituents is 1. The first-order valence-electron chi connectivity index (χ1n) is 10.6. The van der Waals surface area contributed by atoms with E-state index in [0.29, 0.717) is 33.2 Å². The number of hydrogen-bond donors (Lipinski definition) is 3. The zero-order chi connectivity index (χ0) is 25.1. The number of carbonyl (C=O) groups is 2. The highest BCUT2D eigenvalue weighted by atomic mass is 35.5. The van der Waals surface area contributed by atoms with Crippen LogP contribution in [0.3, 0.4) is 0 Å². The van der Waals surface area contributed by atoms with Gasteiger partial charge in [0, 0.05) is 17.8 Å². The van der Waals surface area contributed by atoms with Gasteiger partial charge in [0.15, 0.2) is 0 Å². The molecule has 3 N–H and O–H groups in total. The van der Waals surface area contributed by atoms with Crippen LogP contribution in [0.5, 0.6) is 5.75 Å². The van der Waals surface area contributed by atoms with E-state index in [2.05, 4.69) is 27.2 Å². The monoisotopic (exact) mass is 496 g/mol. The number of fused-ring (bicyclic) bond motifs is 1. The predicted molar refractivity (Wildman–Crippen MR) is 133 cm³/mol. The van der Waals surface area contributed by atoms with E-state index in [1.165, 1.54) is 28.1 Å². The summed E-state index contributed by atoms with van der Waals surface area (Å²) in [6.07, 6.45) is 2.68. The lowest BCUT2D eigenvalue weighted by Gasteiger charge is -2.36. The Balaban J connectivity index is 1.69. The van der Waals surface area contributed by atoms with Gasteiger partial charge < -0.3 is 15.7 Å². The predicted octanol–water partition coefficient (Wildman–Crippen LogP) is 4.93. The molecule has 0 aliphatic carbocycles. The molecular formula is C24H22ClFN6O3. The molecule has 35 heavy (non-hydrogen) atoms. The Morgan fingerprint density at radius 3 is 2.77 bits per heavy atom. The molecule has 3 aromatic rings. The van der Waals surface area contributed by atoms with Crippen LogP contribution in [-0.2, 0) is 11.3 Å². The van der Waals surface area contributed by atoms with Crippen molar-refractivity contribution in [2.45, 2.75) is 13.5 Å². The third-order valence-electron chi connectivity index (χ3n) is 5.32. The molecule has 0 unspecified atom stereocenters. The van der Waals surface area contributed by atoms with Crippen LogP contribution in [0.2, 0.25) is 5.02 Å². The minimum Gasteiger partial charge on any atom is -0.508 e. The second-order valence-electron chi connectivity index (χ2n) is 7.71. The van der Waals surface area contributed by atoms with Crippen molar-refractivity contribution in [3.8, 4) is 5.75 Å². The van der Waals surface area contributed by atoms with E-state index >= 15 is 0 Å². The molecule has 0 saturated heterocycles. The molecule has 3 amide bonds. The highest BCUT2D eigenvalue weighted by Gasteiger charge is 2.34. The van der Waals surface area contributed by atoms with Gasteiger partial charge in [0.05, 0.1) is 35.2 Å². The minimum absolute atomic E-state index is 0.0458. The summed E-state index contributed by atoms with van der Waals surface area (Å²) in [5, 5.41) is 16.1. The molecule has 4 rings (SSSR count). The first-order chi connectivity index (χ1) is 16.8. The Morgan fingerprint density at radius 1 is 1.31 bits per heavy atom. The van der Waals surface area contributed by atoms with Crippen LogP contribution in [0.15, 0.2) is 55.3 Å². The van der Waals surface area contributed by atoms with E-state index in [1.807, 2.05) is 0 Å². The molecule has 1 aliphatic rings. The molecule has 0 fully saturated rings. The van der Waals surface area contributed by atoms with Crippen molar-refractivity contribution in [1.82, 2.24) is 9.97 Å². The van der Waals surface area contributed by atoms with Crippen molar-refractivity contribution in [2.75, 3.05) is 33.7 Å². The summed E-state index contributed by atoms with van der Waals surface area (Å²) in [6, 6.07) is 9.27. The van der Waals surface area contributed by atoms with E-state index in [1.54, 1.807) is 31.2 Å². The number of anilines is 5. The summed E-state index contributed by atoms with van der Waals surface area (Å²) in [7, 11) is 0. The molecule has 1 aromatic heterocycles. The molecule has 0 spiro atoms. The lowest BCUT2D eigenvalue weighted by molar-refractivity contribution is -0.111. The highest BCUT2D eigenvalue weighted by molar-refractivity contribution is 6.34. The number of amides is 3. The molecule has 1 aliphatic heterocycles. The number of para-hydroxylation sites is 2. The normalized spacial score (nSPS) is 12.8. The lowest BCUT2D eigenvalue weighted by Crippen LogP contribution is -2.49. The molecule has 2 heterocycles. The fourth-order valence-corrected chi connectivity index (χ4v) is 3.90. The molecule has 180 valence electrons. The first-order valence-corrected chi connectivity index (χ1v) is 11.0. The largest absolute Gasteiger partial charge is 0.508 e. The Bertz CT molecular complexity index is 1320. The highest BCUT2D eigenvalue weighted by Crippen LogP contribution is 2.38. The standard InChI is InChI=1S/C24H22ClFN6O3/c1-3-20(34)28-17-6-4-5-7-18(17)29-23-27-12-15-13-32(19-11-16(33)10-14(2)21(19)25)24(35)31(9-8-26)22(15)30-23/h3-7,10-12,33H,1,8-9,13H2,2H3,(H,28,34)(H,27,29,30). The number of aromatic nitrogens is 2. The zero-order valence-corrected chi connectivity index (χ0v) is 19.5. The molecule has 2 aromatic carbocycles. The molecule has 0 atom stereocenters. The summed E-state index contributed by atoms with van der Waals surface area (Å²) in [5.74, 6) is -0.0239. The number of alkyl halides is 1. The third-order valence-corrected chi connectivity index (χ3v) is 5.82. The third kappa shape index (κ3) is 4.87. The molecule has 0 saturated carbocycles. The van der Waals surface area contributed by atoms with Gasteiger partial charge in [0.25, 0.3) is 0 Å². The molecule has 0 radical (unpaired) electrons. The van der Waals surface area contributed by atoms with Crippen molar-refractivity contribution in [1.29, 1.82) is 0 Å². The maximum absolute atomic E-state index is 13.5. The lowest BCUT2D eigenvalue weighted by atomic mass is 10.1. The van der Waals surface area contributed by atoms with Crippen LogP contribution in [0, 0.1) is 6.92 Å². The van der Waals surface area contributed by atoms with Crippen LogP contribution in [-0.4, -0.2) is 40.2 Å². The number of aromatic hydroxyl groups is 1. The summed E-state index contributed by atoms with van der Waals surface area (Å²) in [6.45, 7) is 4.20. The fourth-order valence-electron chi connectivity index (χ4n) is 3.69. The average Bonchev–Trinajstić information content (AvgIpc) is 2.84. The minimum atomic E-state index is -0.797. The van der Waals surface area contributed by atoms with Crippen LogP contribution in [0.4, 0.5) is 38.0 Å². The Hall–Kier alpha value is -4.18. The Labute approximate surface area is 205 Å². The van der Waals surface area contributed by atoms with Crippen LogP contribution in [0.1, 0.15) is 11.1 Å². The second kappa shape index (κ2) is 9.98. The van der Waals surface area contributed by atoms with E-state index in [0.717, 1.165) is 6.08 Å². The van der Waals surface area contributed by atoms with Gasteiger partial charge >= 0.3 is 6.03 Å². The van der Waals surface area contributed by atoms with Gasteiger partial charge in [0.1, 0.15) is 18.2 Å². The summed E-state index contributed by atoms with van der Waals surface area (Å²) < 4.78 is 13.5. The van der Waals surface area contributed by atoms with E-state index in [4.69, 9.17) is 11.6 Å². The first kappa shape index (κ1) is 24.0. The number of hydrogen-bond acceptors (Lipinski definition) is 6. The number of nitrogens with one attached hydrogen (secondary N) is 2. The topological polar surface area (TPSA) is 111 Å². The number of phenols is 1. The summed E-state index contributed by atoms with van der Waals surface area (Å²) >= 11 is 6.42. The van der Waals surface area contributed by atoms with Gasteiger partial charge in [-0.2, -0.15) is 4.98 Å². The summed E-state index contributed by atoms with van der Waals surface area (Å²) in [4.78, 5) is 36.4. The van der Waals surface area contributed by atoms with E-state index < -0.39 is 12.7 Å². The van der Waals surface area contributed by atoms with Crippen LogP contribution >= 0.6 is 11.6 Å². The number of halogens is 2. The van der Waals surface area contributed by atoms with Crippen molar-refractivity contribution >= 4 is 52.4 Å². The average molecular weight is 497 g/mol. The van der Waals surface area contributed by atoms with Crippen molar-refractivity contribution in [2.24, 2.45) is 0 Å². The van der Waals surface area contributed by atoms with Gasteiger partial charge in [-0.25, -0.2) is 14.2 Å². The van der Waals surface area contributed by atoms with Crippen molar-refractivity contribution in [3.63, 3.8) is 0 Å². The SMILES string of the molecule is C=CC(=O)Nc1ccccc1Nc1ncc2c(n1)N(CCF)C(=O)N(c1cc(O)cc(C)c1Cl)C2. The maximum atomic E-state index is 13.5. The number of aryl methyl sites for hydroxylation is 1. The zero-order valence-electron chi connectivity index (χ0n) is 18.8. The number of nitrogens with zero attached hydrogens (tertiary/aromatic N) is 4. The van der Waals surface area contributed by atoms with Gasteiger partial charge in [-0.1, -0.05) is 30.3 Å². The number of urea groups is 1. The van der Waals surface area contributed by atoms with E-state index in [9.17, 15) is 19.1 Å². The van der Waals surface area contributed by atoms with Crippen molar-refractivity contribution in [3.05, 3.63) is 71.4 Å². The van der Waals surface area contributed by atoms with Crippen molar-refractivity contribution < 1.29 is 19.1 Å². The molecule has 9 nitrogen and oxygen atoms in total. The van der Waals surface area contributed by atoms with Crippen LogP contribution in [0.25, 0.3) is 0 Å². The quantitative estimate of drug-likeness (QED) is 0.400. The molecular weight excluding hydrogens is 475 g/mol. The van der Waals surface area contributed by atoms with Crippen LogP contribution < -0.4 is 20.4 Å². The Morgan fingerprint density at radius 2 is 2.06 bits per heavy atom. The second-order valence-corrected chi connectivity index (χ2v) is 8.09. The maximum Gasteiger partial charge on any atom is 0.330 e. The van der Waals surface area contributed by atoms with Gasteiger partial charge in [-0.15, -0.1) is 0 Å².